The molecule has 4 nitrogen and oxygen atoms in total. The van der Waals surface area contributed by atoms with Crippen molar-refractivity contribution in [2.45, 2.75) is 13.2 Å². The van der Waals surface area contributed by atoms with Crippen LogP contribution < -0.4 is 4.90 Å². The molecule has 6 heteroatoms. The molecular weight excluding hydrogens is 248 g/mol. The second-order valence-corrected chi connectivity index (χ2v) is 4.72. The molecule has 0 aliphatic heterocycles. The molecule has 0 aliphatic rings. The first-order valence-corrected chi connectivity index (χ1v) is 5.89. The van der Waals surface area contributed by atoms with E-state index in [2.05, 4.69) is 4.98 Å². The molecule has 0 aromatic carbocycles. The van der Waals surface area contributed by atoms with Crippen LogP contribution in [0.15, 0.2) is 22.8 Å². The quantitative estimate of drug-likeness (QED) is 0.916. The van der Waals surface area contributed by atoms with Gasteiger partial charge in [0.05, 0.1) is 24.3 Å². The van der Waals surface area contributed by atoms with Crippen LogP contribution in [0.2, 0.25) is 5.15 Å². The Bertz CT molecular complexity index is 455. The van der Waals surface area contributed by atoms with Crippen molar-refractivity contribution >= 4 is 28.1 Å². The topological polar surface area (TPSA) is 49.5 Å². The van der Waals surface area contributed by atoms with Gasteiger partial charge in [-0.1, -0.05) is 22.9 Å². The summed E-state index contributed by atoms with van der Waals surface area (Å²) in [5.41, 5.74) is 0. The predicted octanol–water partition coefficient (Wildman–Crippen LogP) is 2.52. The summed E-state index contributed by atoms with van der Waals surface area (Å²) >= 11 is 7.24. The van der Waals surface area contributed by atoms with Gasteiger partial charge in [0.2, 0.25) is 0 Å². The second kappa shape index (κ2) is 4.86. The Hall–Kier alpha value is -1.04. The molecule has 16 heavy (non-hydrogen) atoms. The number of aromatic nitrogens is 1. The highest BCUT2D eigenvalue weighted by Crippen LogP contribution is 2.29. The number of aliphatic hydroxyl groups is 1. The second-order valence-electron chi connectivity index (χ2n) is 3.30. The van der Waals surface area contributed by atoms with E-state index in [4.69, 9.17) is 21.1 Å². The fraction of sp³-hybridized carbons (Fsp3) is 0.300. The molecule has 0 atom stereocenters. The lowest BCUT2D eigenvalue weighted by molar-refractivity contribution is 0.285. The first kappa shape index (κ1) is 11.4. The molecule has 0 radical (unpaired) electrons. The van der Waals surface area contributed by atoms with Crippen LogP contribution in [-0.2, 0) is 13.2 Å². The van der Waals surface area contributed by atoms with E-state index in [1.165, 1.54) is 11.3 Å². The van der Waals surface area contributed by atoms with Gasteiger partial charge in [-0.2, -0.15) is 0 Å². The maximum Gasteiger partial charge on any atom is 0.187 e. The summed E-state index contributed by atoms with van der Waals surface area (Å²) < 4.78 is 5.24. The molecule has 0 saturated carbocycles. The molecule has 0 saturated heterocycles. The van der Waals surface area contributed by atoms with Crippen molar-refractivity contribution < 1.29 is 9.52 Å². The fourth-order valence-electron chi connectivity index (χ4n) is 1.29. The molecule has 0 spiro atoms. The van der Waals surface area contributed by atoms with E-state index in [0.29, 0.717) is 16.6 Å². The minimum absolute atomic E-state index is 0.0783. The molecule has 0 fully saturated rings. The summed E-state index contributed by atoms with van der Waals surface area (Å²) in [6.07, 6.45) is 1.64. The van der Waals surface area contributed by atoms with Gasteiger partial charge in [-0.25, -0.2) is 4.98 Å². The summed E-state index contributed by atoms with van der Waals surface area (Å²) in [4.78, 5) is 6.78. The lowest BCUT2D eigenvalue weighted by atomic mass is 10.4. The maximum atomic E-state index is 9.02. The average Bonchev–Trinajstić information content (AvgIpc) is 2.87. The zero-order valence-corrected chi connectivity index (χ0v) is 10.3. The summed E-state index contributed by atoms with van der Waals surface area (Å²) in [6.45, 7) is 0.548. The normalized spacial score (nSPS) is 10.7. The van der Waals surface area contributed by atoms with Crippen LogP contribution >= 0.6 is 22.9 Å². The SMILES string of the molecule is CN(Cc1ccco1)c1nc(Cl)c(CO)s1. The highest BCUT2D eigenvalue weighted by atomic mass is 35.5. The number of thiazole rings is 1. The van der Waals surface area contributed by atoms with E-state index in [1.807, 2.05) is 24.1 Å². The van der Waals surface area contributed by atoms with Crippen LogP contribution in [0, 0.1) is 0 Å². The molecule has 0 aliphatic carbocycles. The Morgan fingerprint density at radius 1 is 1.62 bits per heavy atom. The molecular formula is C10H11ClN2O2S. The van der Waals surface area contributed by atoms with Gasteiger partial charge in [0.1, 0.15) is 10.9 Å². The standard InChI is InChI=1S/C10H11ClN2O2S/c1-13(5-7-3-2-4-15-7)10-12-9(11)8(6-14)16-10/h2-4,14H,5-6H2,1H3. The van der Waals surface area contributed by atoms with E-state index < -0.39 is 0 Å². The van der Waals surface area contributed by atoms with Crippen LogP contribution in [0.25, 0.3) is 0 Å². The Morgan fingerprint density at radius 3 is 3.00 bits per heavy atom. The van der Waals surface area contributed by atoms with E-state index in [1.54, 1.807) is 6.26 Å². The van der Waals surface area contributed by atoms with E-state index in [-0.39, 0.29) is 6.61 Å². The summed E-state index contributed by atoms with van der Waals surface area (Å²) in [7, 11) is 1.90. The largest absolute Gasteiger partial charge is 0.467 e. The predicted molar refractivity (Wildman–Crippen MR) is 63.9 cm³/mol. The van der Waals surface area contributed by atoms with Gasteiger partial charge in [0.25, 0.3) is 0 Å². The Morgan fingerprint density at radius 2 is 2.44 bits per heavy atom. The van der Waals surface area contributed by atoms with Crippen LogP contribution in [-0.4, -0.2) is 17.1 Å². The zero-order chi connectivity index (χ0) is 11.5. The maximum absolute atomic E-state index is 9.02. The van der Waals surface area contributed by atoms with Crippen molar-refractivity contribution in [2.75, 3.05) is 11.9 Å². The summed E-state index contributed by atoms with van der Waals surface area (Å²) in [5.74, 6) is 0.861. The molecule has 1 N–H and O–H groups in total. The highest BCUT2D eigenvalue weighted by Gasteiger charge is 2.12. The molecule has 2 aromatic heterocycles. The monoisotopic (exact) mass is 258 g/mol. The number of aliphatic hydroxyl groups excluding tert-OH is 1. The molecule has 2 rings (SSSR count). The van der Waals surface area contributed by atoms with Gasteiger partial charge in [-0.15, -0.1) is 0 Å². The molecule has 0 amide bonds. The number of rotatable bonds is 4. The third kappa shape index (κ3) is 2.37. The number of nitrogens with zero attached hydrogens (tertiary/aromatic N) is 2. The Labute approximate surface area is 102 Å². The van der Waals surface area contributed by atoms with Gasteiger partial charge >= 0.3 is 0 Å². The van der Waals surface area contributed by atoms with E-state index in [9.17, 15) is 0 Å². The molecule has 2 aromatic rings. The number of hydrogen-bond donors (Lipinski definition) is 1. The lowest BCUT2D eigenvalue weighted by Crippen LogP contribution is -2.15. The summed E-state index contributed by atoms with van der Waals surface area (Å²) in [6, 6.07) is 3.75. The number of furan rings is 1. The molecule has 2 heterocycles. The van der Waals surface area contributed by atoms with Gasteiger partial charge in [-0.3, -0.25) is 0 Å². The number of hydrogen-bond acceptors (Lipinski definition) is 5. The minimum atomic E-state index is -0.0783. The average molecular weight is 259 g/mol. The van der Waals surface area contributed by atoms with Crippen LogP contribution in [0.4, 0.5) is 5.13 Å². The molecule has 0 bridgehead atoms. The Balaban J connectivity index is 2.11. The van der Waals surface area contributed by atoms with E-state index in [0.717, 1.165) is 10.9 Å². The highest BCUT2D eigenvalue weighted by molar-refractivity contribution is 7.16. The van der Waals surface area contributed by atoms with Crippen molar-refractivity contribution in [3.05, 3.63) is 34.2 Å². The van der Waals surface area contributed by atoms with Crippen molar-refractivity contribution in [1.82, 2.24) is 4.98 Å². The van der Waals surface area contributed by atoms with Crippen LogP contribution in [0.3, 0.4) is 0 Å². The van der Waals surface area contributed by atoms with Crippen LogP contribution in [0.1, 0.15) is 10.6 Å². The van der Waals surface area contributed by atoms with Gasteiger partial charge in [0, 0.05) is 7.05 Å². The third-order valence-electron chi connectivity index (χ3n) is 2.08. The van der Waals surface area contributed by atoms with Gasteiger partial charge in [-0.05, 0) is 12.1 Å². The van der Waals surface area contributed by atoms with Gasteiger partial charge < -0.3 is 14.4 Å². The third-order valence-corrected chi connectivity index (χ3v) is 3.66. The van der Waals surface area contributed by atoms with Gasteiger partial charge in [0.15, 0.2) is 5.13 Å². The minimum Gasteiger partial charge on any atom is -0.467 e. The smallest absolute Gasteiger partial charge is 0.187 e. The van der Waals surface area contributed by atoms with Crippen molar-refractivity contribution in [1.29, 1.82) is 0 Å². The first-order valence-electron chi connectivity index (χ1n) is 4.70. The number of anilines is 1. The van der Waals surface area contributed by atoms with E-state index >= 15 is 0 Å². The zero-order valence-electron chi connectivity index (χ0n) is 8.68. The molecule has 86 valence electrons. The molecule has 0 unspecified atom stereocenters. The first-order chi connectivity index (χ1) is 7.70. The lowest BCUT2D eigenvalue weighted by Gasteiger charge is -2.13. The van der Waals surface area contributed by atoms with Crippen molar-refractivity contribution in [3.63, 3.8) is 0 Å². The number of halogens is 1. The van der Waals surface area contributed by atoms with Crippen LogP contribution in [0.5, 0.6) is 0 Å². The van der Waals surface area contributed by atoms with Crippen molar-refractivity contribution in [3.8, 4) is 0 Å². The Kier molecular flexibility index (Phi) is 3.48. The van der Waals surface area contributed by atoms with Crippen molar-refractivity contribution in [2.24, 2.45) is 0 Å². The fourth-order valence-corrected chi connectivity index (χ4v) is 2.36. The summed E-state index contributed by atoms with van der Waals surface area (Å²) in [5, 5.41) is 10.2.